The highest BCUT2D eigenvalue weighted by Gasteiger charge is 2.30. The third-order valence-corrected chi connectivity index (χ3v) is 3.83. The van der Waals surface area contributed by atoms with Gasteiger partial charge in [0.25, 0.3) is 0 Å². The Morgan fingerprint density at radius 1 is 1.39 bits per heavy atom. The van der Waals surface area contributed by atoms with Gasteiger partial charge in [0.1, 0.15) is 0 Å². The van der Waals surface area contributed by atoms with E-state index in [4.69, 9.17) is 0 Å². The summed E-state index contributed by atoms with van der Waals surface area (Å²) < 4.78 is 0. The number of nitrogens with zero attached hydrogens (tertiary/aromatic N) is 1. The number of para-hydroxylation sites is 2. The van der Waals surface area contributed by atoms with Crippen molar-refractivity contribution in [2.45, 2.75) is 26.2 Å². The smallest absolute Gasteiger partial charge is 0.230 e. The molecule has 2 aromatic rings. The molecule has 1 heterocycles. The van der Waals surface area contributed by atoms with E-state index in [1.807, 2.05) is 24.3 Å². The van der Waals surface area contributed by atoms with Crippen molar-refractivity contribution in [3.63, 3.8) is 0 Å². The molecule has 0 saturated heterocycles. The first-order valence-electron chi connectivity index (χ1n) is 6.49. The average Bonchev–Trinajstić information content (AvgIpc) is 2.94. The van der Waals surface area contributed by atoms with Gasteiger partial charge in [-0.05, 0) is 30.9 Å². The highest BCUT2D eigenvalue weighted by atomic mass is 16.2. The van der Waals surface area contributed by atoms with Crippen LogP contribution in [0.3, 0.4) is 0 Å². The largest absolute Gasteiger partial charge is 0.324 e. The molecule has 1 aliphatic carbocycles. The number of anilines is 1. The summed E-state index contributed by atoms with van der Waals surface area (Å²) in [6, 6.07) is 7.77. The third kappa shape index (κ3) is 1.98. The highest BCUT2D eigenvalue weighted by Crippen LogP contribution is 2.31. The van der Waals surface area contributed by atoms with Gasteiger partial charge in [-0.3, -0.25) is 10.1 Å². The second kappa shape index (κ2) is 4.44. The van der Waals surface area contributed by atoms with Crippen LogP contribution in [0.4, 0.5) is 5.95 Å². The van der Waals surface area contributed by atoms with Crippen LogP contribution in [0.15, 0.2) is 24.3 Å². The van der Waals surface area contributed by atoms with E-state index in [1.165, 1.54) is 0 Å². The zero-order valence-electron chi connectivity index (χ0n) is 10.4. The van der Waals surface area contributed by atoms with Crippen LogP contribution in [0.2, 0.25) is 0 Å². The molecule has 2 atom stereocenters. The van der Waals surface area contributed by atoms with Gasteiger partial charge in [0, 0.05) is 5.92 Å². The van der Waals surface area contributed by atoms with Crippen LogP contribution in [-0.4, -0.2) is 15.9 Å². The maximum atomic E-state index is 12.1. The monoisotopic (exact) mass is 243 g/mol. The van der Waals surface area contributed by atoms with E-state index in [9.17, 15) is 4.79 Å². The fourth-order valence-electron chi connectivity index (χ4n) is 2.76. The molecule has 0 spiro atoms. The molecule has 0 bridgehead atoms. The molecule has 18 heavy (non-hydrogen) atoms. The Morgan fingerprint density at radius 2 is 2.22 bits per heavy atom. The maximum Gasteiger partial charge on any atom is 0.230 e. The normalized spacial score (nSPS) is 23.4. The lowest BCUT2D eigenvalue weighted by atomic mass is 9.97. The second-order valence-electron chi connectivity index (χ2n) is 5.11. The molecule has 2 N–H and O–H groups in total. The predicted octanol–water partition coefficient (Wildman–Crippen LogP) is 2.94. The molecular weight excluding hydrogens is 226 g/mol. The van der Waals surface area contributed by atoms with Crippen LogP contribution in [0.1, 0.15) is 26.2 Å². The minimum atomic E-state index is 0.0963. The molecule has 4 nitrogen and oxygen atoms in total. The number of nitrogens with one attached hydrogen (secondary N) is 2. The Labute approximate surface area is 106 Å². The lowest BCUT2D eigenvalue weighted by molar-refractivity contribution is -0.120. The van der Waals surface area contributed by atoms with Crippen LogP contribution in [0.5, 0.6) is 0 Å². The van der Waals surface area contributed by atoms with E-state index in [0.717, 1.165) is 30.3 Å². The summed E-state index contributed by atoms with van der Waals surface area (Å²) in [6.45, 7) is 2.15. The van der Waals surface area contributed by atoms with Gasteiger partial charge in [0.15, 0.2) is 0 Å². The van der Waals surface area contributed by atoms with Crippen molar-refractivity contribution in [2.75, 3.05) is 5.32 Å². The Bertz CT molecular complexity index is 542. The lowest BCUT2D eigenvalue weighted by Crippen LogP contribution is -2.25. The fourth-order valence-corrected chi connectivity index (χ4v) is 2.76. The second-order valence-corrected chi connectivity index (χ2v) is 5.11. The molecule has 1 saturated carbocycles. The number of amides is 1. The zero-order chi connectivity index (χ0) is 12.5. The fraction of sp³-hybridized carbons (Fsp3) is 0.429. The van der Waals surface area contributed by atoms with Crippen molar-refractivity contribution in [2.24, 2.45) is 11.8 Å². The molecule has 3 rings (SSSR count). The number of benzene rings is 1. The molecule has 94 valence electrons. The van der Waals surface area contributed by atoms with Crippen LogP contribution >= 0.6 is 0 Å². The van der Waals surface area contributed by atoms with E-state index in [1.54, 1.807) is 0 Å². The Kier molecular flexibility index (Phi) is 2.78. The topological polar surface area (TPSA) is 57.8 Å². The van der Waals surface area contributed by atoms with Crippen molar-refractivity contribution in [3.8, 4) is 0 Å². The Hall–Kier alpha value is -1.84. The van der Waals surface area contributed by atoms with Crippen molar-refractivity contribution >= 4 is 22.9 Å². The summed E-state index contributed by atoms with van der Waals surface area (Å²) in [4.78, 5) is 19.6. The van der Waals surface area contributed by atoms with Gasteiger partial charge in [0.05, 0.1) is 11.0 Å². The van der Waals surface area contributed by atoms with E-state index >= 15 is 0 Å². The van der Waals surface area contributed by atoms with Crippen molar-refractivity contribution in [1.82, 2.24) is 9.97 Å². The van der Waals surface area contributed by atoms with Gasteiger partial charge in [-0.2, -0.15) is 0 Å². The summed E-state index contributed by atoms with van der Waals surface area (Å²) in [5.41, 5.74) is 1.83. The quantitative estimate of drug-likeness (QED) is 0.852. The lowest BCUT2D eigenvalue weighted by Gasteiger charge is -2.13. The van der Waals surface area contributed by atoms with E-state index in [0.29, 0.717) is 11.9 Å². The third-order valence-electron chi connectivity index (χ3n) is 3.83. The summed E-state index contributed by atoms with van der Waals surface area (Å²) >= 11 is 0. The number of imidazole rings is 1. The molecular formula is C14H17N3O. The first-order chi connectivity index (χ1) is 8.74. The Balaban J connectivity index is 1.77. The SMILES string of the molecule is CC1CCCC1C(=O)Nc1nc2ccccc2[nH]1. The minimum absolute atomic E-state index is 0.0963. The summed E-state index contributed by atoms with van der Waals surface area (Å²) in [7, 11) is 0. The van der Waals surface area contributed by atoms with Gasteiger partial charge in [-0.25, -0.2) is 4.98 Å². The van der Waals surface area contributed by atoms with E-state index < -0.39 is 0 Å². The Morgan fingerprint density at radius 3 is 2.94 bits per heavy atom. The van der Waals surface area contributed by atoms with Crippen molar-refractivity contribution in [3.05, 3.63) is 24.3 Å². The van der Waals surface area contributed by atoms with Gasteiger partial charge in [0.2, 0.25) is 11.9 Å². The number of aromatic amines is 1. The molecule has 1 aromatic heterocycles. The number of rotatable bonds is 2. The molecule has 4 heteroatoms. The number of hydrogen-bond donors (Lipinski definition) is 2. The molecule has 0 aliphatic heterocycles. The average molecular weight is 243 g/mol. The van der Waals surface area contributed by atoms with Gasteiger partial charge < -0.3 is 4.98 Å². The van der Waals surface area contributed by atoms with Crippen LogP contribution < -0.4 is 5.32 Å². The summed E-state index contributed by atoms with van der Waals surface area (Å²) in [5.74, 6) is 1.27. The summed E-state index contributed by atoms with van der Waals surface area (Å²) in [5, 5.41) is 2.90. The number of hydrogen-bond acceptors (Lipinski definition) is 2. The maximum absolute atomic E-state index is 12.1. The summed E-state index contributed by atoms with van der Waals surface area (Å²) in [6.07, 6.45) is 3.30. The number of aromatic nitrogens is 2. The molecule has 1 fully saturated rings. The van der Waals surface area contributed by atoms with Crippen LogP contribution in [-0.2, 0) is 4.79 Å². The van der Waals surface area contributed by atoms with E-state index in [-0.39, 0.29) is 11.8 Å². The van der Waals surface area contributed by atoms with Gasteiger partial charge in [-0.1, -0.05) is 25.5 Å². The molecule has 2 unspecified atom stereocenters. The molecule has 1 amide bonds. The number of H-pyrrole nitrogens is 1. The van der Waals surface area contributed by atoms with Crippen LogP contribution in [0, 0.1) is 11.8 Å². The molecule has 1 aromatic carbocycles. The number of carbonyl (C=O) groups excluding carboxylic acids is 1. The first-order valence-corrected chi connectivity index (χ1v) is 6.49. The van der Waals surface area contributed by atoms with Gasteiger partial charge in [-0.15, -0.1) is 0 Å². The van der Waals surface area contributed by atoms with Gasteiger partial charge >= 0.3 is 0 Å². The predicted molar refractivity (Wildman–Crippen MR) is 71.2 cm³/mol. The number of fused-ring (bicyclic) bond motifs is 1. The van der Waals surface area contributed by atoms with Crippen LogP contribution in [0.25, 0.3) is 11.0 Å². The minimum Gasteiger partial charge on any atom is -0.324 e. The number of carbonyl (C=O) groups is 1. The molecule has 0 radical (unpaired) electrons. The van der Waals surface area contributed by atoms with E-state index in [2.05, 4.69) is 22.2 Å². The van der Waals surface area contributed by atoms with Crippen molar-refractivity contribution < 1.29 is 4.79 Å². The zero-order valence-corrected chi connectivity index (χ0v) is 10.4. The molecule has 1 aliphatic rings. The van der Waals surface area contributed by atoms with Crippen molar-refractivity contribution in [1.29, 1.82) is 0 Å². The highest BCUT2D eigenvalue weighted by molar-refractivity contribution is 5.93. The standard InChI is InChI=1S/C14H17N3O/c1-9-5-4-6-10(9)13(18)17-14-15-11-7-2-3-8-12(11)16-14/h2-3,7-10H,4-6H2,1H3,(H2,15,16,17,18). The first kappa shape index (κ1) is 11.3.